The van der Waals surface area contributed by atoms with Crippen LogP contribution >= 0.6 is 0 Å². The highest BCUT2D eigenvalue weighted by Crippen LogP contribution is 2.43. The number of halogens is 3. The van der Waals surface area contributed by atoms with E-state index in [0.717, 1.165) is 31.9 Å². The number of alkyl halides is 3. The van der Waals surface area contributed by atoms with E-state index in [9.17, 15) is 18.3 Å². The number of piperidine rings is 1. The van der Waals surface area contributed by atoms with Crippen molar-refractivity contribution in [3.63, 3.8) is 0 Å². The summed E-state index contributed by atoms with van der Waals surface area (Å²) in [5.41, 5.74) is -0.545. The van der Waals surface area contributed by atoms with Gasteiger partial charge in [-0.05, 0) is 37.1 Å². The van der Waals surface area contributed by atoms with E-state index in [1.165, 1.54) is 13.2 Å². The third-order valence-electron chi connectivity index (χ3n) is 3.34. The van der Waals surface area contributed by atoms with Crippen molar-refractivity contribution in [2.45, 2.75) is 31.5 Å². The number of benzene rings is 1. The molecule has 1 saturated heterocycles. The molecule has 1 fully saturated rings. The minimum Gasteiger partial charge on any atom is -0.504 e. The van der Waals surface area contributed by atoms with Crippen molar-refractivity contribution in [2.75, 3.05) is 13.7 Å². The molecular formula is C13H16F3NO2. The van der Waals surface area contributed by atoms with Gasteiger partial charge in [0, 0.05) is 6.04 Å². The van der Waals surface area contributed by atoms with Gasteiger partial charge in [-0.25, -0.2) is 0 Å². The quantitative estimate of drug-likeness (QED) is 0.870. The number of ether oxygens (including phenoxy) is 1. The van der Waals surface area contributed by atoms with Crippen molar-refractivity contribution in [1.82, 2.24) is 5.32 Å². The van der Waals surface area contributed by atoms with E-state index < -0.39 is 17.5 Å². The second-order valence-electron chi connectivity index (χ2n) is 4.62. The normalized spacial score (nSPS) is 20.3. The molecule has 0 radical (unpaired) electrons. The lowest BCUT2D eigenvalue weighted by atomic mass is 9.95. The molecule has 1 aliphatic heterocycles. The summed E-state index contributed by atoms with van der Waals surface area (Å²) in [6.45, 7) is 0.787. The first-order chi connectivity index (χ1) is 8.93. The first-order valence-corrected chi connectivity index (χ1v) is 6.15. The number of phenolic OH excluding ortho intramolecular Hbond substituents is 1. The summed E-state index contributed by atoms with van der Waals surface area (Å²) >= 11 is 0. The first-order valence-electron chi connectivity index (χ1n) is 6.15. The van der Waals surface area contributed by atoms with Crippen LogP contribution in [0.1, 0.15) is 36.4 Å². The van der Waals surface area contributed by atoms with Crippen LogP contribution in [0.5, 0.6) is 11.5 Å². The van der Waals surface area contributed by atoms with E-state index in [0.29, 0.717) is 5.56 Å². The molecule has 1 aromatic rings. The van der Waals surface area contributed by atoms with E-state index in [1.54, 1.807) is 0 Å². The molecule has 0 aliphatic carbocycles. The third-order valence-corrected chi connectivity index (χ3v) is 3.34. The highest BCUT2D eigenvalue weighted by atomic mass is 19.4. The lowest BCUT2D eigenvalue weighted by Crippen LogP contribution is -2.27. The monoisotopic (exact) mass is 275 g/mol. The van der Waals surface area contributed by atoms with Crippen LogP contribution in [0.3, 0.4) is 0 Å². The van der Waals surface area contributed by atoms with Gasteiger partial charge < -0.3 is 15.2 Å². The Labute approximate surface area is 109 Å². The van der Waals surface area contributed by atoms with E-state index in [4.69, 9.17) is 4.74 Å². The van der Waals surface area contributed by atoms with E-state index >= 15 is 0 Å². The molecule has 0 spiro atoms. The molecule has 1 unspecified atom stereocenters. The maximum absolute atomic E-state index is 12.9. The van der Waals surface area contributed by atoms with Crippen LogP contribution in [0.2, 0.25) is 0 Å². The Morgan fingerprint density at radius 2 is 2.05 bits per heavy atom. The summed E-state index contributed by atoms with van der Waals surface area (Å²) in [5.74, 6) is -0.994. The van der Waals surface area contributed by atoms with Crippen molar-refractivity contribution >= 4 is 0 Å². The zero-order valence-electron chi connectivity index (χ0n) is 10.5. The molecule has 19 heavy (non-hydrogen) atoms. The number of hydrogen-bond acceptors (Lipinski definition) is 3. The number of hydrogen-bond donors (Lipinski definition) is 2. The molecule has 6 heteroatoms. The summed E-state index contributed by atoms with van der Waals surface area (Å²) in [7, 11) is 1.24. The molecule has 3 nitrogen and oxygen atoms in total. The Morgan fingerprint density at radius 1 is 1.32 bits per heavy atom. The lowest BCUT2D eigenvalue weighted by molar-refractivity contribution is -0.139. The average Bonchev–Trinajstić information content (AvgIpc) is 2.38. The highest BCUT2D eigenvalue weighted by Gasteiger charge is 2.36. The first kappa shape index (κ1) is 14.0. The Balaban J connectivity index is 2.44. The average molecular weight is 275 g/mol. The smallest absolute Gasteiger partial charge is 0.420 e. The van der Waals surface area contributed by atoms with Crippen molar-refractivity contribution in [3.05, 3.63) is 23.3 Å². The second kappa shape index (κ2) is 5.28. The number of nitrogens with one attached hydrogen (secondary N) is 1. The van der Waals surface area contributed by atoms with Gasteiger partial charge in [-0.2, -0.15) is 13.2 Å². The third kappa shape index (κ3) is 2.94. The van der Waals surface area contributed by atoms with Crippen LogP contribution in [0.4, 0.5) is 13.2 Å². The summed E-state index contributed by atoms with van der Waals surface area (Å²) in [5, 5.41) is 12.8. The predicted molar refractivity (Wildman–Crippen MR) is 64.3 cm³/mol. The SMILES string of the molecule is COc1cc(C2CCCCN2)cc(C(F)(F)F)c1O. The molecule has 0 bridgehead atoms. The van der Waals surface area contributed by atoms with E-state index in [1.807, 2.05) is 0 Å². The fourth-order valence-electron chi connectivity index (χ4n) is 2.34. The minimum atomic E-state index is -4.60. The van der Waals surface area contributed by atoms with Gasteiger partial charge in [0.05, 0.1) is 7.11 Å². The van der Waals surface area contributed by atoms with Gasteiger partial charge in [0.15, 0.2) is 11.5 Å². The van der Waals surface area contributed by atoms with Gasteiger partial charge in [0.25, 0.3) is 0 Å². The van der Waals surface area contributed by atoms with Crippen LogP contribution in [-0.4, -0.2) is 18.8 Å². The Hall–Kier alpha value is -1.43. The zero-order chi connectivity index (χ0) is 14.0. The largest absolute Gasteiger partial charge is 0.504 e. The fourth-order valence-corrected chi connectivity index (χ4v) is 2.34. The molecule has 2 N–H and O–H groups in total. The zero-order valence-corrected chi connectivity index (χ0v) is 10.5. The van der Waals surface area contributed by atoms with Crippen LogP contribution in [-0.2, 0) is 6.18 Å². The molecule has 1 heterocycles. The van der Waals surface area contributed by atoms with Gasteiger partial charge in [0.2, 0.25) is 0 Å². The van der Waals surface area contributed by atoms with Crippen molar-refractivity contribution in [1.29, 1.82) is 0 Å². The molecule has 0 aromatic heterocycles. The van der Waals surface area contributed by atoms with E-state index in [2.05, 4.69) is 5.32 Å². The van der Waals surface area contributed by atoms with Crippen LogP contribution < -0.4 is 10.1 Å². The van der Waals surface area contributed by atoms with Gasteiger partial charge in [-0.3, -0.25) is 0 Å². The van der Waals surface area contributed by atoms with Gasteiger partial charge in [0.1, 0.15) is 5.56 Å². The van der Waals surface area contributed by atoms with Crippen LogP contribution in [0.25, 0.3) is 0 Å². The summed E-state index contributed by atoms with van der Waals surface area (Å²) in [6.07, 6.45) is -1.81. The molecule has 0 amide bonds. The highest BCUT2D eigenvalue weighted by molar-refractivity contribution is 5.50. The summed E-state index contributed by atoms with van der Waals surface area (Å²) in [6, 6.07) is 2.35. The second-order valence-corrected chi connectivity index (χ2v) is 4.62. The predicted octanol–water partition coefficient (Wildman–Crippen LogP) is 3.23. The molecule has 1 aromatic carbocycles. The van der Waals surface area contributed by atoms with Crippen LogP contribution in [0.15, 0.2) is 12.1 Å². The minimum absolute atomic E-state index is 0.121. The molecule has 1 aliphatic rings. The Kier molecular flexibility index (Phi) is 3.89. The topological polar surface area (TPSA) is 41.5 Å². The standard InChI is InChI=1S/C13H16F3NO2/c1-19-11-7-8(10-4-2-3-5-17-10)6-9(12(11)18)13(14,15)16/h6-7,10,17-18H,2-5H2,1H3. The van der Waals surface area contributed by atoms with Crippen molar-refractivity contribution in [2.24, 2.45) is 0 Å². The molecule has 0 saturated carbocycles. The number of phenols is 1. The van der Waals surface area contributed by atoms with Gasteiger partial charge >= 0.3 is 6.18 Å². The Bertz CT molecular complexity index is 454. The summed E-state index contributed by atoms with van der Waals surface area (Å²) < 4.78 is 43.5. The molecule has 1 atom stereocenters. The van der Waals surface area contributed by atoms with Crippen molar-refractivity contribution in [3.8, 4) is 11.5 Å². The van der Waals surface area contributed by atoms with Gasteiger partial charge in [-0.15, -0.1) is 0 Å². The lowest BCUT2D eigenvalue weighted by Gasteiger charge is -2.25. The number of methoxy groups -OCH3 is 1. The van der Waals surface area contributed by atoms with E-state index in [-0.39, 0.29) is 11.8 Å². The maximum Gasteiger partial charge on any atom is 0.420 e. The molecule has 106 valence electrons. The molecular weight excluding hydrogens is 259 g/mol. The number of rotatable bonds is 2. The maximum atomic E-state index is 12.9. The fraction of sp³-hybridized carbons (Fsp3) is 0.538. The van der Waals surface area contributed by atoms with Gasteiger partial charge in [-0.1, -0.05) is 6.42 Å². The van der Waals surface area contributed by atoms with Crippen LogP contribution in [0, 0.1) is 0 Å². The molecule has 2 rings (SSSR count). The summed E-state index contributed by atoms with van der Waals surface area (Å²) in [4.78, 5) is 0. The van der Waals surface area contributed by atoms with Crippen molar-refractivity contribution < 1.29 is 23.0 Å². The number of aromatic hydroxyl groups is 1. The Morgan fingerprint density at radius 3 is 2.58 bits per heavy atom.